The predicted octanol–water partition coefficient (Wildman–Crippen LogP) is 4.53. The molecule has 16 heavy (non-hydrogen) atoms. The molecule has 0 fully saturated rings. The van der Waals surface area contributed by atoms with Crippen LogP contribution in [0.1, 0.15) is 12.0 Å². The number of aromatic nitrogens is 1. The van der Waals surface area contributed by atoms with E-state index >= 15 is 0 Å². The van der Waals surface area contributed by atoms with Crippen LogP contribution in [0.15, 0.2) is 36.4 Å². The van der Waals surface area contributed by atoms with Crippen LogP contribution in [0.2, 0.25) is 5.15 Å². The number of allylic oxidation sites excluding steroid dienone is 1. The first kappa shape index (κ1) is 11.4. The molecule has 0 aliphatic carbocycles. The molecule has 2 rings (SSSR count). The Morgan fingerprint density at radius 3 is 2.88 bits per heavy atom. The van der Waals surface area contributed by atoms with Crippen molar-refractivity contribution in [2.24, 2.45) is 0 Å². The Labute approximate surface area is 105 Å². The molecule has 0 spiro atoms. The van der Waals surface area contributed by atoms with Crippen molar-refractivity contribution in [3.05, 3.63) is 47.1 Å². The molecule has 0 aliphatic heterocycles. The Morgan fingerprint density at radius 2 is 2.06 bits per heavy atom. The third-order valence-electron chi connectivity index (χ3n) is 2.28. The first-order chi connectivity index (χ1) is 7.81. The summed E-state index contributed by atoms with van der Waals surface area (Å²) in [6.07, 6.45) is 4.81. The molecule has 0 saturated heterocycles. The molecular weight excluding hydrogens is 241 g/mol. The smallest absolute Gasteiger partial charge is 0.136 e. The van der Waals surface area contributed by atoms with E-state index in [2.05, 4.69) is 4.98 Å². The summed E-state index contributed by atoms with van der Waals surface area (Å²) in [7, 11) is 0. The van der Waals surface area contributed by atoms with Gasteiger partial charge in [0, 0.05) is 16.8 Å². The lowest BCUT2D eigenvalue weighted by atomic mass is 10.1. The summed E-state index contributed by atoms with van der Waals surface area (Å²) in [6.45, 7) is 0. The fourth-order valence-corrected chi connectivity index (χ4v) is 1.83. The monoisotopic (exact) mass is 251 g/mol. The van der Waals surface area contributed by atoms with E-state index in [1.807, 2.05) is 42.5 Å². The van der Waals surface area contributed by atoms with E-state index in [1.54, 1.807) is 0 Å². The average molecular weight is 252 g/mol. The minimum Gasteiger partial charge on any atom is -0.235 e. The second-order valence-corrected chi connectivity index (χ2v) is 4.18. The molecule has 0 saturated carbocycles. The van der Waals surface area contributed by atoms with Gasteiger partial charge in [-0.1, -0.05) is 42.0 Å². The zero-order chi connectivity index (χ0) is 11.4. The fraction of sp³-hybridized carbons (Fsp3) is 0.154. The normalized spacial score (nSPS) is 11.4. The predicted molar refractivity (Wildman–Crippen MR) is 71.1 cm³/mol. The van der Waals surface area contributed by atoms with E-state index in [0.717, 1.165) is 22.9 Å². The van der Waals surface area contributed by atoms with Gasteiger partial charge >= 0.3 is 0 Å². The van der Waals surface area contributed by atoms with Gasteiger partial charge < -0.3 is 0 Å². The summed E-state index contributed by atoms with van der Waals surface area (Å²) in [4.78, 5) is 4.34. The Hall–Kier alpha value is -1.05. The SMILES string of the molecule is ClCCC=Cc1cc2ccccc2nc1Cl. The molecule has 1 aromatic carbocycles. The molecule has 0 aliphatic rings. The average Bonchev–Trinajstić information content (AvgIpc) is 2.30. The molecule has 1 heterocycles. The third-order valence-corrected chi connectivity index (χ3v) is 2.80. The van der Waals surface area contributed by atoms with Crippen LogP contribution in [0.4, 0.5) is 0 Å². The molecule has 0 bridgehead atoms. The highest BCUT2D eigenvalue weighted by atomic mass is 35.5. The number of hydrogen-bond acceptors (Lipinski definition) is 1. The van der Waals surface area contributed by atoms with Crippen molar-refractivity contribution in [3.63, 3.8) is 0 Å². The minimum absolute atomic E-state index is 0.532. The standard InChI is InChI=1S/C13H11Cl2N/c14-8-4-3-6-11-9-10-5-1-2-7-12(10)16-13(11)15/h1-3,5-7,9H,4,8H2. The number of fused-ring (bicyclic) bond motifs is 1. The van der Waals surface area contributed by atoms with Crippen LogP contribution in [-0.4, -0.2) is 10.9 Å². The maximum atomic E-state index is 6.09. The summed E-state index contributed by atoms with van der Waals surface area (Å²) >= 11 is 11.7. The first-order valence-electron chi connectivity index (χ1n) is 5.09. The van der Waals surface area contributed by atoms with Gasteiger partial charge in [0.2, 0.25) is 0 Å². The summed E-state index contributed by atoms with van der Waals surface area (Å²) < 4.78 is 0. The van der Waals surface area contributed by atoms with Gasteiger partial charge in [-0.2, -0.15) is 0 Å². The van der Waals surface area contributed by atoms with Gasteiger partial charge in [-0.15, -0.1) is 11.6 Å². The number of pyridine rings is 1. The van der Waals surface area contributed by atoms with Gasteiger partial charge in [0.15, 0.2) is 0 Å². The Balaban J connectivity index is 2.42. The highest BCUT2D eigenvalue weighted by Crippen LogP contribution is 2.21. The van der Waals surface area contributed by atoms with Crippen molar-refractivity contribution < 1.29 is 0 Å². The molecule has 0 N–H and O–H groups in total. The van der Waals surface area contributed by atoms with Crippen LogP contribution in [-0.2, 0) is 0 Å². The number of hydrogen-bond donors (Lipinski definition) is 0. The zero-order valence-corrected chi connectivity index (χ0v) is 10.2. The molecule has 1 nitrogen and oxygen atoms in total. The van der Waals surface area contributed by atoms with Crippen LogP contribution >= 0.6 is 23.2 Å². The van der Waals surface area contributed by atoms with Gasteiger partial charge in [-0.25, -0.2) is 4.98 Å². The van der Waals surface area contributed by atoms with Crippen LogP contribution in [0.5, 0.6) is 0 Å². The van der Waals surface area contributed by atoms with E-state index in [-0.39, 0.29) is 0 Å². The van der Waals surface area contributed by atoms with Crippen LogP contribution in [0, 0.1) is 0 Å². The Morgan fingerprint density at radius 1 is 1.25 bits per heavy atom. The topological polar surface area (TPSA) is 12.9 Å². The summed E-state index contributed by atoms with van der Waals surface area (Å²) in [5, 5.41) is 1.63. The van der Waals surface area contributed by atoms with Gasteiger partial charge in [0.05, 0.1) is 5.52 Å². The number of halogens is 2. The molecular formula is C13H11Cl2N. The Bertz CT molecular complexity index is 520. The van der Waals surface area contributed by atoms with E-state index in [0.29, 0.717) is 11.0 Å². The highest BCUT2D eigenvalue weighted by molar-refractivity contribution is 6.31. The molecule has 0 amide bonds. The van der Waals surface area contributed by atoms with Crippen molar-refractivity contribution in [2.75, 3.05) is 5.88 Å². The molecule has 1 aromatic heterocycles. The summed E-state index contributed by atoms with van der Waals surface area (Å²) in [5.74, 6) is 0.620. The molecule has 82 valence electrons. The number of para-hydroxylation sites is 1. The lowest BCUT2D eigenvalue weighted by Crippen LogP contribution is -1.84. The number of nitrogens with zero attached hydrogens (tertiary/aromatic N) is 1. The quantitative estimate of drug-likeness (QED) is 0.577. The second-order valence-electron chi connectivity index (χ2n) is 3.44. The lowest BCUT2D eigenvalue weighted by molar-refractivity contribution is 1.24. The van der Waals surface area contributed by atoms with Crippen molar-refractivity contribution in [1.29, 1.82) is 0 Å². The van der Waals surface area contributed by atoms with Gasteiger partial charge in [-0.05, 0) is 18.6 Å². The van der Waals surface area contributed by atoms with Crippen molar-refractivity contribution in [2.45, 2.75) is 6.42 Å². The Kier molecular flexibility index (Phi) is 3.81. The number of alkyl halides is 1. The largest absolute Gasteiger partial charge is 0.235 e. The van der Waals surface area contributed by atoms with E-state index in [4.69, 9.17) is 23.2 Å². The number of rotatable bonds is 3. The maximum absolute atomic E-state index is 6.09. The third kappa shape index (κ3) is 2.55. The number of benzene rings is 1. The highest BCUT2D eigenvalue weighted by Gasteiger charge is 2.01. The van der Waals surface area contributed by atoms with E-state index < -0.39 is 0 Å². The van der Waals surface area contributed by atoms with Gasteiger partial charge in [0.25, 0.3) is 0 Å². The lowest BCUT2D eigenvalue weighted by Gasteiger charge is -2.01. The van der Waals surface area contributed by atoms with E-state index in [9.17, 15) is 0 Å². The van der Waals surface area contributed by atoms with Crippen LogP contribution in [0.25, 0.3) is 17.0 Å². The van der Waals surface area contributed by atoms with Gasteiger partial charge in [0.1, 0.15) is 5.15 Å². The van der Waals surface area contributed by atoms with Crippen molar-refractivity contribution in [3.8, 4) is 0 Å². The zero-order valence-electron chi connectivity index (χ0n) is 8.66. The minimum atomic E-state index is 0.532. The molecule has 3 heteroatoms. The van der Waals surface area contributed by atoms with Crippen molar-refractivity contribution >= 4 is 40.2 Å². The second kappa shape index (κ2) is 5.33. The molecule has 0 radical (unpaired) electrons. The fourth-order valence-electron chi connectivity index (χ4n) is 1.50. The van der Waals surface area contributed by atoms with Gasteiger partial charge in [-0.3, -0.25) is 0 Å². The molecule has 0 unspecified atom stereocenters. The van der Waals surface area contributed by atoms with Crippen LogP contribution in [0.3, 0.4) is 0 Å². The van der Waals surface area contributed by atoms with Crippen molar-refractivity contribution in [1.82, 2.24) is 4.98 Å². The summed E-state index contributed by atoms with van der Waals surface area (Å²) in [5.41, 5.74) is 1.85. The molecule has 2 aromatic rings. The molecule has 0 atom stereocenters. The first-order valence-corrected chi connectivity index (χ1v) is 6.00. The summed E-state index contributed by atoms with van der Waals surface area (Å²) in [6, 6.07) is 9.96. The van der Waals surface area contributed by atoms with E-state index in [1.165, 1.54) is 0 Å². The van der Waals surface area contributed by atoms with Crippen LogP contribution < -0.4 is 0 Å². The maximum Gasteiger partial charge on any atom is 0.136 e.